The van der Waals surface area contributed by atoms with Gasteiger partial charge in [-0.05, 0) is 54.3 Å². The molecule has 3 N–H and O–H groups in total. The molecule has 33 heavy (non-hydrogen) atoms. The number of anilines is 2. The van der Waals surface area contributed by atoms with Gasteiger partial charge in [0.05, 0.1) is 11.4 Å². The highest BCUT2D eigenvalue weighted by Crippen LogP contribution is 2.41. The zero-order valence-corrected chi connectivity index (χ0v) is 19.2. The van der Waals surface area contributed by atoms with Crippen molar-refractivity contribution in [3.63, 3.8) is 0 Å². The van der Waals surface area contributed by atoms with E-state index in [9.17, 15) is 4.79 Å². The number of hydrogen-bond acceptors (Lipinski definition) is 4. The lowest BCUT2D eigenvalue weighted by Gasteiger charge is -2.09. The van der Waals surface area contributed by atoms with Gasteiger partial charge in [-0.25, -0.2) is 4.98 Å². The van der Waals surface area contributed by atoms with Crippen molar-refractivity contribution in [2.45, 2.75) is 13.8 Å². The number of fused-ring (bicyclic) bond motifs is 1. The molecular weight excluding hydrogens is 426 g/mol. The van der Waals surface area contributed by atoms with Crippen LogP contribution in [-0.4, -0.2) is 10.9 Å². The van der Waals surface area contributed by atoms with Gasteiger partial charge in [0.1, 0.15) is 9.71 Å². The highest BCUT2D eigenvalue weighted by Gasteiger charge is 2.22. The summed E-state index contributed by atoms with van der Waals surface area (Å²) in [5, 5.41) is 3.83. The molecule has 0 unspecified atom stereocenters. The molecule has 2 heterocycles. The molecule has 0 atom stereocenters. The first kappa shape index (κ1) is 20.9. The highest BCUT2D eigenvalue weighted by molar-refractivity contribution is 7.21. The van der Waals surface area contributed by atoms with E-state index in [4.69, 9.17) is 10.7 Å². The number of carbonyl (C=O) groups excluding carboxylic acids is 1. The number of hydrogen-bond donors (Lipinski definition) is 2. The first-order valence-electron chi connectivity index (χ1n) is 10.7. The summed E-state index contributed by atoms with van der Waals surface area (Å²) < 4.78 is 0. The summed E-state index contributed by atoms with van der Waals surface area (Å²) in [6.07, 6.45) is 0. The van der Waals surface area contributed by atoms with Crippen LogP contribution >= 0.6 is 11.3 Å². The summed E-state index contributed by atoms with van der Waals surface area (Å²) in [6, 6.07) is 28.2. The number of nitrogens with one attached hydrogen (secondary N) is 1. The fourth-order valence-corrected chi connectivity index (χ4v) is 5.14. The monoisotopic (exact) mass is 449 g/mol. The van der Waals surface area contributed by atoms with E-state index in [2.05, 4.69) is 29.6 Å². The van der Waals surface area contributed by atoms with Crippen LogP contribution in [0.15, 0.2) is 84.9 Å². The Balaban J connectivity index is 1.66. The molecule has 0 aliphatic carbocycles. The number of carbonyl (C=O) groups is 1. The largest absolute Gasteiger partial charge is 0.397 e. The molecule has 0 radical (unpaired) electrons. The minimum atomic E-state index is -0.222. The molecule has 1 amide bonds. The Morgan fingerprint density at radius 2 is 1.45 bits per heavy atom. The fourth-order valence-electron chi connectivity index (χ4n) is 4.13. The van der Waals surface area contributed by atoms with Gasteiger partial charge in [-0.2, -0.15) is 0 Å². The number of aromatic nitrogens is 1. The predicted molar refractivity (Wildman–Crippen MR) is 139 cm³/mol. The first-order valence-corrected chi connectivity index (χ1v) is 11.5. The lowest BCUT2D eigenvalue weighted by atomic mass is 9.99. The van der Waals surface area contributed by atoms with Crippen LogP contribution in [0.5, 0.6) is 0 Å². The molecule has 0 saturated carbocycles. The van der Waals surface area contributed by atoms with Crippen LogP contribution in [0, 0.1) is 13.8 Å². The molecule has 5 rings (SSSR count). The normalized spacial score (nSPS) is 11.0. The molecule has 2 aromatic heterocycles. The van der Waals surface area contributed by atoms with E-state index in [-0.39, 0.29) is 5.91 Å². The van der Waals surface area contributed by atoms with Crippen molar-refractivity contribution in [3.05, 3.63) is 101 Å². The summed E-state index contributed by atoms with van der Waals surface area (Å²) in [4.78, 5) is 19.3. The zero-order chi connectivity index (χ0) is 22.9. The Labute approximate surface area is 196 Å². The van der Waals surface area contributed by atoms with Crippen molar-refractivity contribution in [2.24, 2.45) is 0 Å². The van der Waals surface area contributed by atoms with Crippen molar-refractivity contribution < 1.29 is 4.79 Å². The number of nitrogens with two attached hydrogens (primary N) is 1. The number of nitrogen functional groups attached to an aromatic ring is 1. The Morgan fingerprint density at radius 3 is 2.09 bits per heavy atom. The van der Waals surface area contributed by atoms with Gasteiger partial charge in [0.25, 0.3) is 5.91 Å². The molecule has 0 bridgehead atoms. The second-order valence-electron chi connectivity index (χ2n) is 8.14. The topological polar surface area (TPSA) is 68.0 Å². The predicted octanol–water partition coefficient (Wildman–Crippen LogP) is 7.08. The van der Waals surface area contributed by atoms with E-state index in [1.165, 1.54) is 11.3 Å². The summed E-state index contributed by atoms with van der Waals surface area (Å²) in [5.41, 5.74) is 13.9. The quantitative estimate of drug-likeness (QED) is 0.308. The fraction of sp³-hybridized carbons (Fsp3) is 0.0714. The van der Waals surface area contributed by atoms with Crippen LogP contribution < -0.4 is 11.1 Å². The lowest BCUT2D eigenvalue weighted by molar-refractivity contribution is 0.103. The van der Waals surface area contributed by atoms with E-state index >= 15 is 0 Å². The molecule has 162 valence electrons. The van der Waals surface area contributed by atoms with Gasteiger partial charge in [-0.15, -0.1) is 11.3 Å². The summed E-state index contributed by atoms with van der Waals surface area (Å²) in [6.45, 7) is 4.02. The molecule has 5 aromatic rings. The van der Waals surface area contributed by atoms with Crippen LogP contribution in [0.3, 0.4) is 0 Å². The van der Waals surface area contributed by atoms with E-state index < -0.39 is 0 Å². The third-order valence-corrected chi connectivity index (χ3v) is 6.64. The molecule has 0 aliphatic heterocycles. The van der Waals surface area contributed by atoms with Gasteiger partial charge in [-0.3, -0.25) is 4.79 Å². The van der Waals surface area contributed by atoms with Crippen molar-refractivity contribution in [1.29, 1.82) is 0 Å². The number of amides is 1. The summed E-state index contributed by atoms with van der Waals surface area (Å²) >= 11 is 1.33. The van der Waals surface area contributed by atoms with Crippen LogP contribution in [0.4, 0.5) is 11.4 Å². The second kappa shape index (κ2) is 8.52. The van der Waals surface area contributed by atoms with Crippen molar-refractivity contribution >= 4 is 38.8 Å². The average Bonchev–Trinajstić information content (AvgIpc) is 3.15. The van der Waals surface area contributed by atoms with Crippen molar-refractivity contribution in [1.82, 2.24) is 4.98 Å². The van der Waals surface area contributed by atoms with Gasteiger partial charge in [0, 0.05) is 16.6 Å². The summed E-state index contributed by atoms with van der Waals surface area (Å²) in [7, 11) is 0. The van der Waals surface area contributed by atoms with Crippen LogP contribution in [-0.2, 0) is 0 Å². The standard InChI is InChI=1S/C28H23N3OS/c1-17-13-18(2)15-21(14-17)30-27(32)26-25(29)24-22(19-9-5-3-6-10-19)16-23(31-28(24)33-26)20-11-7-4-8-12-20/h3-16H,29H2,1-2H3,(H,30,32). The Morgan fingerprint density at radius 1 is 0.848 bits per heavy atom. The average molecular weight is 450 g/mol. The van der Waals surface area contributed by atoms with Crippen LogP contribution in [0.2, 0.25) is 0 Å². The number of thiophene rings is 1. The van der Waals surface area contributed by atoms with E-state index in [0.29, 0.717) is 10.6 Å². The van der Waals surface area contributed by atoms with Gasteiger partial charge >= 0.3 is 0 Å². The Hall–Kier alpha value is -3.96. The SMILES string of the molecule is Cc1cc(C)cc(NC(=O)c2sc3nc(-c4ccccc4)cc(-c4ccccc4)c3c2N)c1. The molecular formula is C28H23N3OS. The number of rotatable bonds is 4. The number of benzene rings is 3. The highest BCUT2D eigenvalue weighted by atomic mass is 32.1. The number of pyridine rings is 1. The summed E-state index contributed by atoms with van der Waals surface area (Å²) in [5.74, 6) is -0.222. The van der Waals surface area contributed by atoms with E-state index in [1.54, 1.807) is 0 Å². The third kappa shape index (κ3) is 4.11. The maximum atomic E-state index is 13.2. The lowest BCUT2D eigenvalue weighted by Crippen LogP contribution is -2.12. The van der Waals surface area contributed by atoms with E-state index in [0.717, 1.165) is 49.4 Å². The number of aryl methyl sites for hydroxylation is 2. The van der Waals surface area contributed by atoms with Crippen molar-refractivity contribution in [2.75, 3.05) is 11.1 Å². The Bertz CT molecular complexity index is 1450. The maximum absolute atomic E-state index is 13.2. The van der Waals surface area contributed by atoms with Gasteiger partial charge < -0.3 is 11.1 Å². The minimum Gasteiger partial charge on any atom is -0.397 e. The molecule has 5 heteroatoms. The molecule has 4 nitrogen and oxygen atoms in total. The van der Waals surface area contributed by atoms with Crippen molar-refractivity contribution in [3.8, 4) is 22.4 Å². The second-order valence-corrected chi connectivity index (χ2v) is 9.14. The molecule has 0 spiro atoms. The van der Waals surface area contributed by atoms with Crippen LogP contribution in [0.1, 0.15) is 20.8 Å². The maximum Gasteiger partial charge on any atom is 0.267 e. The van der Waals surface area contributed by atoms with E-state index in [1.807, 2.05) is 74.5 Å². The third-order valence-electron chi connectivity index (χ3n) is 5.54. The van der Waals surface area contributed by atoms with Gasteiger partial charge in [-0.1, -0.05) is 66.7 Å². The molecule has 0 aliphatic rings. The smallest absolute Gasteiger partial charge is 0.267 e. The number of nitrogens with zero attached hydrogens (tertiary/aromatic N) is 1. The first-order chi connectivity index (χ1) is 16.0. The van der Waals surface area contributed by atoms with Gasteiger partial charge in [0.15, 0.2) is 0 Å². The van der Waals surface area contributed by atoms with Crippen LogP contribution in [0.25, 0.3) is 32.6 Å². The zero-order valence-electron chi connectivity index (χ0n) is 18.4. The minimum absolute atomic E-state index is 0.222. The van der Waals surface area contributed by atoms with Gasteiger partial charge in [0.2, 0.25) is 0 Å². The molecule has 0 fully saturated rings. The molecule has 3 aromatic carbocycles. The Kier molecular flexibility index (Phi) is 5.40. The molecule has 0 saturated heterocycles.